The maximum Gasteiger partial charge on any atom is 0.310 e. The Labute approximate surface area is 115 Å². The number of hydrogen-bond acceptors (Lipinski definition) is 4. The number of esters is 1. The fraction of sp³-hybridized carbons (Fsp3) is 0.538. The number of halogens is 1. The number of aromatic nitrogens is 1. The molecule has 1 saturated heterocycles. The van der Waals surface area contributed by atoms with Crippen molar-refractivity contribution >= 4 is 27.6 Å². The van der Waals surface area contributed by atoms with Crippen molar-refractivity contribution in [1.82, 2.24) is 4.98 Å². The number of carbonyl (C=O) groups excluding carboxylic acids is 1. The molecule has 2 rings (SSSR count). The molecule has 1 unspecified atom stereocenters. The predicted octanol–water partition coefficient (Wildman–Crippen LogP) is 2.62. The van der Waals surface area contributed by atoms with E-state index in [0.717, 1.165) is 36.1 Å². The standard InChI is InChI=1S/C13H17BrN2O2/c1-2-18-13(17)10-4-3-7-16(9-10)12-5-6-15-8-11(12)14/h5-6,8,10H,2-4,7,9H2,1H3. The number of pyridine rings is 1. The molecule has 1 aromatic rings. The second kappa shape index (κ2) is 6.18. The largest absolute Gasteiger partial charge is 0.466 e. The van der Waals surface area contributed by atoms with E-state index in [0.29, 0.717) is 6.61 Å². The molecule has 0 spiro atoms. The van der Waals surface area contributed by atoms with Gasteiger partial charge in [0.15, 0.2) is 0 Å². The molecule has 1 fully saturated rings. The van der Waals surface area contributed by atoms with Gasteiger partial charge in [-0.1, -0.05) is 0 Å². The molecule has 1 atom stereocenters. The Hall–Kier alpha value is -1.10. The topological polar surface area (TPSA) is 42.4 Å². The Bertz CT molecular complexity index is 425. The van der Waals surface area contributed by atoms with E-state index in [4.69, 9.17) is 4.74 Å². The lowest BCUT2D eigenvalue weighted by Crippen LogP contribution is -2.39. The lowest BCUT2D eigenvalue weighted by molar-refractivity contribution is -0.148. The first-order valence-electron chi connectivity index (χ1n) is 6.23. The first-order chi connectivity index (χ1) is 8.72. The van der Waals surface area contributed by atoms with Crippen molar-refractivity contribution in [2.75, 3.05) is 24.6 Å². The molecule has 0 amide bonds. The Morgan fingerprint density at radius 2 is 2.50 bits per heavy atom. The highest BCUT2D eigenvalue weighted by Gasteiger charge is 2.27. The molecule has 2 heterocycles. The molecule has 1 aromatic heterocycles. The van der Waals surface area contributed by atoms with Crippen LogP contribution in [0.1, 0.15) is 19.8 Å². The van der Waals surface area contributed by atoms with Gasteiger partial charge in [0.1, 0.15) is 0 Å². The molecule has 0 aliphatic carbocycles. The average Bonchev–Trinajstić information content (AvgIpc) is 2.40. The summed E-state index contributed by atoms with van der Waals surface area (Å²) in [7, 11) is 0. The number of nitrogens with zero attached hydrogens (tertiary/aromatic N) is 2. The molecule has 18 heavy (non-hydrogen) atoms. The third kappa shape index (κ3) is 3.02. The van der Waals surface area contributed by atoms with Gasteiger partial charge in [-0.2, -0.15) is 0 Å². The van der Waals surface area contributed by atoms with Crippen LogP contribution < -0.4 is 4.90 Å². The fourth-order valence-corrected chi connectivity index (χ4v) is 2.77. The summed E-state index contributed by atoms with van der Waals surface area (Å²) in [5.74, 6) is -0.0915. The highest BCUT2D eigenvalue weighted by atomic mass is 79.9. The summed E-state index contributed by atoms with van der Waals surface area (Å²) in [5.41, 5.74) is 1.10. The summed E-state index contributed by atoms with van der Waals surface area (Å²) < 4.78 is 6.07. The van der Waals surface area contributed by atoms with Crippen LogP contribution in [0.15, 0.2) is 22.9 Å². The van der Waals surface area contributed by atoms with Crippen LogP contribution in [0.2, 0.25) is 0 Å². The van der Waals surface area contributed by atoms with Gasteiger partial charge in [0.05, 0.1) is 22.7 Å². The molecule has 0 N–H and O–H groups in total. The van der Waals surface area contributed by atoms with Crippen molar-refractivity contribution in [1.29, 1.82) is 0 Å². The second-order valence-corrected chi connectivity index (χ2v) is 5.22. The Kier molecular flexibility index (Phi) is 4.58. The van der Waals surface area contributed by atoms with Crippen LogP contribution in [0.3, 0.4) is 0 Å². The summed E-state index contributed by atoms with van der Waals surface area (Å²) >= 11 is 3.50. The molecular weight excluding hydrogens is 296 g/mol. The first-order valence-corrected chi connectivity index (χ1v) is 7.02. The van der Waals surface area contributed by atoms with E-state index in [2.05, 4.69) is 25.8 Å². The van der Waals surface area contributed by atoms with Crippen LogP contribution in [-0.4, -0.2) is 30.6 Å². The van der Waals surface area contributed by atoms with Gasteiger partial charge in [-0.05, 0) is 41.8 Å². The molecule has 98 valence electrons. The van der Waals surface area contributed by atoms with E-state index in [1.54, 1.807) is 12.4 Å². The smallest absolute Gasteiger partial charge is 0.310 e. The maximum atomic E-state index is 11.8. The van der Waals surface area contributed by atoms with E-state index < -0.39 is 0 Å². The van der Waals surface area contributed by atoms with Gasteiger partial charge < -0.3 is 9.64 Å². The SMILES string of the molecule is CCOC(=O)C1CCCN(c2ccncc2Br)C1. The lowest BCUT2D eigenvalue weighted by Gasteiger charge is -2.33. The molecule has 1 aliphatic rings. The quantitative estimate of drug-likeness (QED) is 0.805. The van der Waals surface area contributed by atoms with Gasteiger partial charge in [-0.15, -0.1) is 0 Å². The monoisotopic (exact) mass is 312 g/mol. The van der Waals surface area contributed by atoms with E-state index in [1.165, 1.54) is 0 Å². The number of piperidine rings is 1. The van der Waals surface area contributed by atoms with Crippen molar-refractivity contribution in [2.24, 2.45) is 5.92 Å². The number of rotatable bonds is 3. The Morgan fingerprint density at radius 1 is 1.67 bits per heavy atom. The zero-order chi connectivity index (χ0) is 13.0. The number of carbonyl (C=O) groups is 1. The zero-order valence-corrected chi connectivity index (χ0v) is 12.0. The van der Waals surface area contributed by atoms with Crippen LogP contribution >= 0.6 is 15.9 Å². The van der Waals surface area contributed by atoms with Crippen LogP contribution in [0, 0.1) is 5.92 Å². The summed E-state index contributed by atoms with van der Waals surface area (Å²) in [4.78, 5) is 18.1. The van der Waals surface area contributed by atoms with E-state index in [1.807, 2.05) is 13.0 Å². The molecule has 0 aromatic carbocycles. The minimum atomic E-state index is -0.0765. The first kappa shape index (κ1) is 13.3. The average molecular weight is 313 g/mol. The van der Waals surface area contributed by atoms with Crippen LogP contribution in [0.4, 0.5) is 5.69 Å². The summed E-state index contributed by atoms with van der Waals surface area (Å²) in [5, 5.41) is 0. The summed E-state index contributed by atoms with van der Waals surface area (Å²) in [6.45, 7) is 3.99. The lowest BCUT2D eigenvalue weighted by atomic mass is 9.98. The van der Waals surface area contributed by atoms with Gasteiger partial charge in [0, 0.05) is 25.5 Å². The van der Waals surface area contributed by atoms with Gasteiger partial charge in [0.25, 0.3) is 0 Å². The van der Waals surface area contributed by atoms with Crippen molar-refractivity contribution in [3.05, 3.63) is 22.9 Å². The molecule has 1 aliphatic heterocycles. The van der Waals surface area contributed by atoms with Crippen LogP contribution in [0.25, 0.3) is 0 Å². The second-order valence-electron chi connectivity index (χ2n) is 4.36. The van der Waals surface area contributed by atoms with Crippen LogP contribution in [-0.2, 0) is 9.53 Å². The van der Waals surface area contributed by atoms with Crippen LogP contribution in [0.5, 0.6) is 0 Å². The van der Waals surface area contributed by atoms with Gasteiger partial charge in [-0.25, -0.2) is 0 Å². The van der Waals surface area contributed by atoms with Crippen molar-refractivity contribution in [3.8, 4) is 0 Å². The fourth-order valence-electron chi connectivity index (χ4n) is 2.27. The minimum Gasteiger partial charge on any atom is -0.466 e. The maximum absolute atomic E-state index is 11.8. The summed E-state index contributed by atoms with van der Waals surface area (Å²) in [6.07, 6.45) is 5.48. The van der Waals surface area contributed by atoms with Crippen molar-refractivity contribution < 1.29 is 9.53 Å². The molecule has 0 saturated carbocycles. The number of hydrogen-bond donors (Lipinski definition) is 0. The molecule has 4 nitrogen and oxygen atoms in total. The minimum absolute atomic E-state index is 0.0150. The van der Waals surface area contributed by atoms with E-state index in [-0.39, 0.29) is 11.9 Å². The number of ether oxygens (including phenoxy) is 1. The zero-order valence-electron chi connectivity index (χ0n) is 10.4. The number of anilines is 1. The molecular formula is C13H17BrN2O2. The molecule has 5 heteroatoms. The van der Waals surface area contributed by atoms with E-state index in [9.17, 15) is 4.79 Å². The Morgan fingerprint density at radius 3 is 3.22 bits per heavy atom. The van der Waals surface area contributed by atoms with Gasteiger partial charge in [-0.3, -0.25) is 9.78 Å². The third-order valence-electron chi connectivity index (χ3n) is 3.13. The third-order valence-corrected chi connectivity index (χ3v) is 3.74. The van der Waals surface area contributed by atoms with Gasteiger partial charge >= 0.3 is 5.97 Å². The van der Waals surface area contributed by atoms with Gasteiger partial charge in [0.2, 0.25) is 0 Å². The summed E-state index contributed by atoms with van der Waals surface area (Å²) in [6, 6.07) is 1.97. The predicted molar refractivity (Wildman–Crippen MR) is 73.5 cm³/mol. The molecule has 0 radical (unpaired) electrons. The van der Waals surface area contributed by atoms with Crippen molar-refractivity contribution in [3.63, 3.8) is 0 Å². The molecule has 0 bridgehead atoms. The van der Waals surface area contributed by atoms with E-state index >= 15 is 0 Å². The normalized spacial score (nSPS) is 19.7. The Balaban J connectivity index is 2.07. The highest BCUT2D eigenvalue weighted by Crippen LogP contribution is 2.29. The van der Waals surface area contributed by atoms with Crippen molar-refractivity contribution in [2.45, 2.75) is 19.8 Å². The highest BCUT2D eigenvalue weighted by molar-refractivity contribution is 9.10.